The van der Waals surface area contributed by atoms with Gasteiger partial charge in [0.15, 0.2) is 0 Å². The molecule has 0 atom stereocenters. The molecule has 1 aromatic carbocycles. The van der Waals surface area contributed by atoms with Crippen LogP contribution in [0.25, 0.3) is 0 Å². The maximum Gasteiger partial charge on any atom is 0.257 e. The maximum atomic E-state index is 13.1. The first-order valence-corrected chi connectivity index (χ1v) is 7.50. The van der Waals surface area contributed by atoms with Crippen molar-refractivity contribution < 1.29 is 13.6 Å². The van der Waals surface area contributed by atoms with Gasteiger partial charge in [-0.05, 0) is 18.6 Å². The van der Waals surface area contributed by atoms with Crippen LogP contribution in [0.4, 0.5) is 13.9 Å². The lowest BCUT2D eigenvalue weighted by molar-refractivity contribution is 0.102. The van der Waals surface area contributed by atoms with Crippen molar-refractivity contribution in [2.45, 2.75) is 32.6 Å². The lowest BCUT2D eigenvalue weighted by atomic mass is 10.2. The summed E-state index contributed by atoms with van der Waals surface area (Å²) in [6.45, 7) is 2.11. The number of carbonyl (C=O) groups excluding carboxylic acids is 1. The molecule has 1 N–H and O–H groups in total. The van der Waals surface area contributed by atoms with Crippen LogP contribution in [0.1, 0.15) is 41.6 Å². The van der Waals surface area contributed by atoms with Crippen LogP contribution in [0.3, 0.4) is 0 Å². The highest BCUT2D eigenvalue weighted by molar-refractivity contribution is 7.15. The smallest absolute Gasteiger partial charge is 0.257 e. The molecule has 4 nitrogen and oxygen atoms in total. The predicted octanol–water partition coefficient (Wildman–Crippen LogP) is 3.80. The zero-order chi connectivity index (χ0) is 15.2. The van der Waals surface area contributed by atoms with Crippen LogP contribution in [0.15, 0.2) is 18.2 Å². The number of benzene rings is 1. The fourth-order valence-electron chi connectivity index (χ4n) is 1.79. The van der Waals surface area contributed by atoms with Crippen LogP contribution in [0.2, 0.25) is 0 Å². The molecule has 1 heterocycles. The van der Waals surface area contributed by atoms with Crippen molar-refractivity contribution in [1.29, 1.82) is 0 Å². The number of halogens is 2. The van der Waals surface area contributed by atoms with E-state index in [4.69, 9.17) is 0 Å². The summed E-state index contributed by atoms with van der Waals surface area (Å²) >= 11 is 1.27. The second-order valence-corrected chi connectivity index (χ2v) is 5.63. The Balaban J connectivity index is 1.99. The van der Waals surface area contributed by atoms with Gasteiger partial charge in [-0.1, -0.05) is 31.1 Å². The van der Waals surface area contributed by atoms with Crippen molar-refractivity contribution >= 4 is 22.4 Å². The number of unbranched alkanes of at least 4 members (excludes halogenated alkanes) is 2. The first-order valence-electron chi connectivity index (χ1n) is 6.68. The van der Waals surface area contributed by atoms with Gasteiger partial charge in [0, 0.05) is 18.1 Å². The van der Waals surface area contributed by atoms with Gasteiger partial charge in [-0.2, -0.15) is 0 Å². The molecule has 2 aromatic rings. The fourth-order valence-corrected chi connectivity index (χ4v) is 2.56. The number of anilines is 1. The minimum atomic E-state index is -0.794. The van der Waals surface area contributed by atoms with E-state index in [0.29, 0.717) is 11.2 Å². The minimum Gasteiger partial charge on any atom is -0.296 e. The molecule has 2 rings (SSSR count). The monoisotopic (exact) mass is 311 g/mol. The third-order valence-electron chi connectivity index (χ3n) is 2.81. The first kappa shape index (κ1) is 15.5. The minimum absolute atomic E-state index is 0.0877. The van der Waals surface area contributed by atoms with Crippen LogP contribution in [0, 0.1) is 11.6 Å². The molecular weight excluding hydrogens is 296 g/mol. The molecule has 0 saturated heterocycles. The van der Waals surface area contributed by atoms with E-state index in [9.17, 15) is 13.6 Å². The van der Waals surface area contributed by atoms with Gasteiger partial charge in [-0.3, -0.25) is 10.1 Å². The lowest BCUT2D eigenvalue weighted by Gasteiger charge is -2.01. The van der Waals surface area contributed by atoms with Crippen molar-refractivity contribution in [3.05, 3.63) is 40.4 Å². The van der Waals surface area contributed by atoms with Gasteiger partial charge in [0.2, 0.25) is 5.13 Å². The summed E-state index contributed by atoms with van der Waals surface area (Å²) < 4.78 is 26.1. The number of hydrogen-bond donors (Lipinski definition) is 1. The fraction of sp³-hybridized carbons (Fsp3) is 0.357. The summed E-state index contributed by atoms with van der Waals surface area (Å²) in [4.78, 5) is 11.9. The third kappa shape index (κ3) is 4.56. The standard InChI is InChI=1S/C14H15F2N3OS/c1-2-3-4-5-12-18-19-14(21-12)17-13(20)9-6-10(15)8-11(16)7-9/h6-8H,2-5H2,1H3,(H,17,19,20). The summed E-state index contributed by atoms with van der Waals surface area (Å²) in [5.74, 6) is -2.19. The molecule has 0 aliphatic carbocycles. The number of nitrogens with one attached hydrogen (secondary N) is 1. The van der Waals surface area contributed by atoms with Crippen LogP contribution < -0.4 is 5.32 Å². The third-order valence-corrected chi connectivity index (χ3v) is 3.70. The molecule has 0 aliphatic rings. The Morgan fingerprint density at radius 3 is 2.57 bits per heavy atom. The number of nitrogens with zero attached hydrogens (tertiary/aromatic N) is 2. The van der Waals surface area contributed by atoms with Crippen molar-refractivity contribution in [2.24, 2.45) is 0 Å². The zero-order valence-electron chi connectivity index (χ0n) is 11.5. The quantitative estimate of drug-likeness (QED) is 0.826. The summed E-state index contributed by atoms with van der Waals surface area (Å²) in [5.41, 5.74) is -0.0877. The Hall–Kier alpha value is -1.89. The SMILES string of the molecule is CCCCCc1nnc(NC(=O)c2cc(F)cc(F)c2)s1. The van der Waals surface area contributed by atoms with E-state index >= 15 is 0 Å². The normalized spacial score (nSPS) is 10.6. The molecule has 0 fully saturated rings. The molecule has 0 spiro atoms. The number of carbonyl (C=O) groups is 1. The van der Waals surface area contributed by atoms with E-state index in [-0.39, 0.29) is 5.56 Å². The van der Waals surface area contributed by atoms with Gasteiger partial charge in [0.1, 0.15) is 16.6 Å². The van der Waals surface area contributed by atoms with Gasteiger partial charge in [0.05, 0.1) is 0 Å². The molecule has 0 unspecified atom stereocenters. The summed E-state index contributed by atoms with van der Waals surface area (Å²) in [6.07, 6.45) is 4.07. The Labute approximate surface area is 125 Å². The topological polar surface area (TPSA) is 54.9 Å². The Bertz CT molecular complexity index is 610. The number of rotatable bonds is 6. The zero-order valence-corrected chi connectivity index (χ0v) is 12.3. The summed E-state index contributed by atoms with van der Waals surface area (Å²) in [7, 11) is 0. The maximum absolute atomic E-state index is 13.1. The predicted molar refractivity (Wildman–Crippen MR) is 77.4 cm³/mol. The van der Waals surface area contributed by atoms with E-state index in [1.807, 2.05) is 0 Å². The second kappa shape index (κ2) is 7.21. The van der Waals surface area contributed by atoms with Crippen LogP contribution in [-0.2, 0) is 6.42 Å². The average Bonchev–Trinajstić information content (AvgIpc) is 2.85. The second-order valence-electron chi connectivity index (χ2n) is 4.57. The van der Waals surface area contributed by atoms with Crippen LogP contribution >= 0.6 is 11.3 Å². The number of aromatic nitrogens is 2. The number of hydrogen-bond acceptors (Lipinski definition) is 4. The van der Waals surface area contributed by atoms with Crippen LogP contribution in [0.5, 0.6) is 0 Å². The van der Waals surface area contributed by atoms with Gasteiger partial charge in [-0.25, -0.2) is 8.78 Å². The highest BCUT2D eigenvalue weighted by Crippen LogP contribution is 2.18. The molecule has 7 heteroatoms. The summed E-state index contributed by atoms with van der Waals surface area (Å²) in [6, 6.07) is 2.66. The number of amides is 1. The molecule has 112 valence electrons. The van der Waals surface area contributed by atoms with Gasteiger partial charge in [-0.15, -0.1) is 10.2 Å². The van der Waals surface area contributed by atoms with Crippen LogP contribution in [-0.4, -0.2) is 16.1 Å². The van der Waals surface area contributed by atoms with Gasteiger partial charge < -0.3 is 0 Å². The van der Waals surface area contributed by atoms with E-state index in [1.165, 1.54) is 11.3 Å². The molecule has 0 radical (unpaired) electrons. The van der Waals surface area contributed by atoms with Crippen molar-refractivity contribution in [3.8, 4) is 0 Å². The molecule has 0 aliphatic heterocycles. The molecule has 0 bridgehead atoms. The Morgan fingerprint density at radius 1 is 1.19 bits per heavy atom. The highest BCUT2D eigenvalue weighted by Gasteiger charge is 2.12. The molecule has 21 heavy (non-hydrogen) atoms. The molecule has 1 amide bonds. The van der Waals surface area contributed by atoms with E-state index < -0.39 is 17.5 Å². The number of aryl methyl sites for hydroxylation is 1. The first-order chi connectivity index (χ1) is 10.1. The average molecular weight is 311 g/mol. The van der Waals surface area contributed by atoms with E-state index in [0.717, 1.165) is 42.8 Å². The van der Waals surface area contributed by atoms with Crippen molar-refractivity contribution in [3.63, 3.8) is 0 Å². The van der Waals surface area contributed by atoms with Crippen molar-refractivity contribution in [2.75, 3.05) is 5.32 Å². The van der Waals surface area contributed by atoms with Crippen molar-refractivity contribution in [1.82, 2.24) is 10.2 Å². The van der Waals surface area contributed by atoms with E-state index in [1.54, 1.807) is 0 Å². The van der Waals surface area contributed by atoms with Gasteiger partial charge >= 0.3 is 0 Å². The Kier molecular flexibility index (Phi) is 5.32. The Morgan fingerprint density at radius 2 is 1.90 bits per heavy atom. The lowest BCUT2D eigenvalue weighted by Crippen LogP contribution is -2.12. The van der Waals surface area contributed by atoms with E-state index in [2.05, 4.69) is 22.4 Å². The summed E-state index contributed by atoms with van der Waals surface area (Å²) in [5, 5.41) is 11.5. The highest BCUT2D eigenvalue weighted by atomic mass is 32.1. The van der Waals surface area contributed by atoms with Gasteiger partial charge in [0.25, 0.3) is 5.91 Å². The molecular formula is C14H15F2N3OS. The largest absolute Gasteiger partial charge is 0.296 e. The molecule has 1 aromatic heterocycles. The molecule has 0 saturated carbocycles.